The number of hydrogen-bond donors (Lipinski definition) is 1. The summed E-state index contributed by atoms with van der Waals surface area (Å²) in [5.41, 5.74) is -0.0994. The van der Waals surface area contributed by atoms with Crippen LogP contribution >= 0.6 is 0 Å². The smallest absolute Gasteiger partial charge is 0.244 e. The molecule has 0 aromatic heterocycles. The minimum atomic E-state index is -0.0994. The molecule has 2 saturated carbocycles. The van der Waals surface area contributed by atoms with E-state index in [0.29, 0.717) is 11.9 Å². The number of rotatable bonds is 3. The van der Waals surface area contributed by atoms with Crippen LogP contribution in [0.3, 0.4) is 0 Å². The maximum Gasteiger partial charge on any atom is 0.244 e. The summed E-state index contributed by atoms with van der Waals surface area (Å²) in [5, 5.41) is 3.36. The molecule has 1 amide bonds. The lowest BCUT2D eigenvalue weighted by molar-refractivity contribution is -0.131. The first kappa shape index (κ1) is 8.72. The fraction of sp³-hybridized carbons (Fsp3) is 0.909. The highest BCUT2D eigenvalue weighted by Gasteiger charge is 2.56. The van der Waals surface area contributed by atoms with E-state index in [1.165, 1.54) is 19.3 Å². The monoisotopic (exact) mass is 194 g/mol. The van der Waals surface area contributed by atoms with Crippen LogP contribution in [0.25, 0.3) is 0 Å². The Kier molecular flexibility index (Phi) is 1.69. The minimum Gasteiger partial charge on any atom is -0.326 e. The molecule has 0 radical (unpaired) electrons. The Morgan fingerprint density at radius 2 is 2.29 bits per heavy atom. The van der Waals surface area contributed by atoms with E-state index in [9.17, 15) is 4.79 Å². The summed E-state index contributed by atoms with van der Waals surface area (Å²) < 4.78 is 0. The van der Waals surface area contributed by atoms with Gasteiger partial charge in [-0.15, -0.1) is 0 Å². The molecule has 14 heavy (non-hydrogen) atoms. The zero-order chi connectivity index (χ0) is 9.76. The average molecular weight is 194 g/mol. The topological polar surface area (TPSA) is 32.3 Å². The van der Waals surface area contributed by atoms with Gasteiger partial charge in [0.1, 0.15) is 0 Å². The molecule has 3 heteroatoms. The van der Waals surface area contributed by atoms with E-state index < -0.39 is 0 Å². The highest BCUT2D eigenvalue weighted by atomic mass is 16.2. The third-order valence-electron chi connectivity index (χ3n) is 3.91. The molecule has 78 valence electrons. The zero-order valence-corrected chi connectivity index (χ0v) is 8.75. The number of hydrogen-bond acceptors (Lipinski definition) is 2. The lowest BCUT2D eigenvalue weighted by atomic mass is 10.1. The summed E-state index contributed by atoms with van der Waals surface area (Å²) in [6, 6.07) is 0.447. The summed E-state index contributed by atoms with van der Waals surface area (Å²) in [5.74, 6) is 1.28. The quantitative estimate of drug-likeness (QED) is 0.729. The van der Waals surface area contributed by atoms with E-state index in [2.05, 4.69) is 12.2 Å². The van der Waals surface area contributed by atoms with Gasteiger partial charge in [-0.3, -0.25) is 10.1 Å². The lowest BCUT2D eigenvalue weighted by Crippen LogP contribution is -2.37. The Bertz CT molecular complexity index is 268. The normalized spacial score (nSPS) is 31.2. The van der Waals surface area contributed by atoms with Crippen LogP contribution in [0.15, 0.2) is 0 Å². The maximum atomic E-state index is 12.0. The lowest BCUT2D eigenvalue weighted by Gasteiger charge is -2.23. The van der Waals surface area contributed by atoms with Gasteiger partial charge in [-0.05, 0) is 32.1 Å². The molecular formula is C11H18N2O. The van der Waals surface area contributed by atoms with Gasteiger partial charge in [-0.25, -0.2) is 0 Å². The second-order valence-electron chi connectivity index (χ2n) is 5.22. The van der Waals surface area contributed by atoms with Crippen LogP contribution in [-0.4, -0.2) is 29.1 Å². The zero-order valence-electron chi connectivity index (χ0n) is 8.75. The molecule has 3 nitrogen and oxygen atoms in total. The molecule has 0 aromatic carbocycles. The van der Waals surface area contributed by atoms with Crippen molar-refractivity contribution in [2.45, 2.75) is 50.6 Å². The Hall–Kier alpha value is -0.570. The molecule has 3 fully saturated rings. The van der Waals surface area contributed by atoms with Crippen LogP contribution in [0.1, 0.15) is 39.0 Å². The highest BCUT2D eigenvalue weighted by molar-refractivity contribution is 5.91. The van der Waals surface area contributed by atoms with Crippen LogP contribution in [0, 0.1) is 5.92 Å². The number of amides is 1. The number of nitrogens with one attached hydrogen (secondary N) is 1. The van der Waals surface area contributed by atoms with Crippen molar-refractivity contribution in [1.82, 2.24) is 10.2 Å². The third kappa shape index (κ3) is 1.26. The van der Waals surface area contributed by atoms with Crippen molar-refractivity contribution < 1.29 is 4.79 Å². The van der Waals surface area contributed by atoms with Crippen molar-refractivity contribution in [2.24, 2.45) is 5.92 Å². The molecule has 3 rings (SSSR count). The standard InChI is InChI=1S/C11H18N2O/c1-8(6-9-2-3-9)13-7-12-11(4-5-11)10(13)14/h8-9,12H,2-7H2,1H3. The predicted molar refractivity (Wildman–Crippen MR) is 53.6 cm³/mol. The summed E-state index contributed by atoms with van der Waals surface area (Å²) in [6.07, 6.45) is 6.08. The number of nitrogens with zero attached hydrogens (tertiary/aromatic N) is 1. The molecule has 0 bridgehead atoms. The molecular weight excluding hydrogens is 176 g/mol. The fourth-order valence-electron chi connectivity index (χ4n) is 2.49. The van der Waals surface area contributed by atoms with Gasteiger partial charge in [0.25, 0.3) is 0 Å². The van der Waals surface area contributed by atoms with Gasteiger partial charge in [0.15, 0.2) is 0 Å². The van der Waals surface area contributed by atoms with Crippen molar-refractivity contribution in [2.75, 3.05) is 6.67 Å². The van der Waals surface area contributed by atoms with Crippen LogP contribution in [0.5, 0.6) is 0 Å². The first-order chi connectivity index (χ1) is 6.71. The van der Waals surface area contributed by atoms with Crippen molar-refractivity contribution in [3.8, 4) is 0 Å². The SMILES string of the molecule is CC(CC1CC1)N1CNC2(CC2)C1=O. The third-order valence-corrected chi connectivity index (χ3v) is 3.91. The molecule has 3 aliphatic rings. The maximum absolute atomic E-state index is 12.0. The van der Waals surface area contributed by atoms with E-state index >= 15 is 0 Å². The van der Waals surface area contributed by atoms with Crippen molar-refractivity contribution in [3.63, 3.8) is 0 Å². The van der Waals surface area contributed by atoms with Crippen molar-refractivity contribution in [3.05, 3.63) is 0 Å². The molecule has 1 aliphatic heterocycles. The fourth-order valence-corrected chi connectivity index (χ4v) is 2.49. The van der Waals surface area contributed by atoms with E-state index in [-0.39, 0.29) is 5.54 Å². The molecule has 1 N–H and O–H groups in total. The second kappa shape index (κ2) is 2.72. The van der Waals surface area contributed by atoms with E-state index in [4.69, 9.17) is 0 Å². The molecule has 1 heterocycles. The first-order valence-corrected chi connectivity index (χ1v) is 5.77. The molecule has 1 unspecified atom stereocenters. The average Bonchev–Trinajstić information content (AvgIpc) is 2.98. The van der Waals surface area contributed by atoms with Gasteiger partial charge < -0.3 is 4.90 Å². The summed E-state index contributed by atoms with van der Waals surface area (Å²) in [6.45, 7) is 2.98. The predicted octanol–water partition coefficient (Wildman–Crippen LogP) is 1.10. The van der Waals surface area contributed by atoms with Gasteiger partial charge in [0.2, 0.25) is 5.91 Å². The largest absolute Gasteiger partial charge is 0.326 e. The first-order valence-electron chi connectivity index (χ1n) is 5.77. The summed E-state index contributed by atoms with van der Waals surface area (Å²) >= 11 is 0. The van der Waals surface area contributed by atoms with Crippen LogP contribution in [-0.2, 0) is 4.79 Å². The van der Waals surface area contributed by atoms with E-state index in [0.717, 1.165) is 25.4 Å². The molecule has 1 spiro atoms. The van der Waals surface area contributed by atoms with E-state index in [1.54, 1.807) is 0 Å². The van der Waals surface area contributed by atoms with Crippen LogP contribution < -0.4 is 5.32 Å². The molecule has 0 aromatic rings. The molecule has 1 atom stereocenters. The summed E-state index contributed by atoms with van der Waals surface area (Å²) in [7, 11) is 0. The van der Waals surface area contributed by atoms with Crippen LogP contribution in [0.4, 0.5) is 0 Å². The van der Waals surface area contributed by atoms with Gasteiger partial charge in [0.05, 0.1) is 12.2 Å². The highest BCUT2D eigenvalue weighted by Crippen LogP contribution is 2.42. The molecule has 1 saturated heterocycles. The Morgan fingerprint density at radius 1 is 1.57 bits per heavy atom. The van der Waals surface area contributed by atoms with Gasteiger partial charge in [-0.2, -0.15) is 0 Å². The minimum absolute atomic E-state index is 0.0994. The number of carbonyl (C=O) groups is 1. The van der Waals surface area contributed by atoms with Crippen molar-refractivity contribution in [1.29, 1.82) is 0 Å². The van der Waals surface area contributed by atoms with E-state index in [1.807, 2.05) is 4.90 Å². The summed E-state index contributed by atoms with van der Waals surface area (Å²) in [4.78, 5) is 14.0. The Morgan fingerprint density at radius 3 is 2.79 bits per heavy atom. The van der Waals surface area contributed by atoms with Gasteiger partial charge >= 0.3 is 0 Å². The molecule has 2 aliphatic carbocycles. The Labute approximate surface area is 84.8 Å². The van der Waals surface area contributed by atoms with Gasteiger partial charge in [0, 0.05) is 6.04 Å². The number of carbonyl (C=O) groups excluding carboxylic acids is 1. The van der Waals surface area contributed by atoms with Gasteiger partial charge in [-0.1, -0.05) is 12.8 Å². The Balaban J connectivity index is 1.64. The second-order valence-corrected chi connectivity index (χ2v) is 5.22. The van der Waals surface area contributed by atoms with Crippen LogP contribution in [0.2, 0.25) is 0 Å². The van der Waals surface area contributed by atoms with Crippen molar-refractivity contribution >= 4 is 5.91 Å².